The van der Waals surface area contributed by atoms with E-state index in [0.29, 0.717) is 22.9 Å². The first-order valence-corrected chi connectivity index (χ1v) is 8.54. The fraction of sp³-hybridized carbons (Fsp3) is 0.381. The second kappa shape index (κ2) is 8.13. The van der Waals surface area contributed by atoms with Gasteiger partial charge >= 0.3 is 0 Å². The highest BCUT2D eigenvalue weighted by Crippen LogP contribution is 2.27. The summed E-state index contributed by atoms with van der Waals surface area (Å²) in [5.74, 6) is 1.61. The average Bonchev–Trinajstić information content (AvgIpc) is 2.60. The number of methoxy groups -OCH3 is 2. The molecule has 0 unspecified atom stereocenters. The number of carbonyl (C=O) groups is 1. The maximum atomic E-state index is 12.4. The van der Waals surface area contributed by atoms with Crippen molar-refractivity contribution >= 4 is 11.6 Å². The SMILES string of the molecule is COc1cc(NC(=O)[C@H](C)Oc2ccc(C(C)(C)C)cc2)cc(OC)c1. The molecule has 5 nitrogen and oxygen atoms in total. The maximum Gasteiger partial charge on any atom is 0.265 e. The number of rotatable bonds is 6. The third-order valence-electron chi connectivity index (χ3n) is 4.02. The topological polar surface area (TPSA) is 56.8 Å². The van der Waals surface area contributed by atoms with Gasteiger partial charge in [0, 0.05) is 23.9 Å². The summed E-state index contributed by atoms with van der Waals surface area (Å²) < 4.78 is 16.2. The first-order chi connectivity index (χ1) is 12.2. The summed E-state index contributed by atoms with van der Waals surface area (Å²) in [5, 5.41) is 2.82. The lowest BCUT2D eigenvalue weighted by atomic mass is 9.87. The van der Waals surface area contributed by atoms with Crippen LogP contribution in [0.1, 0.15) is 33.3 Å². The van der Waals surface area contributed by atoms with E-state index in [1.807, 2.05) is 24.3 Å². The lowest BCUT2D eigenvalue weighted by molar-refractivity contribution is -0.122. The Morgan fingerprint density at radius 3 is 1.92 bits per heavy atom. The van der Waals surface area contributed by atoms with Crippen LogP contribution in [0.3, 0.4) is 0 Å². The first-order valence-electron chi connectivity index (χ1n) is 8.54. The van der Waals surface area contributed by atoms with E-state index in [4.69, 9.17) is 14.2 Å². The minimum atomic E-state index is -0.646. The fourth-order valence-electron chi connectivity index (χ4n) is 2.41. The van der Waals surface area contributed by atoms with Crippen molar-refractivity contribution in [3.8, 4) is 17.2 Å². The summed E-state index contributed by atoms with van der Waals surface area (Å²) in [5.41, 5.74) is 1.88. The molecule has 0 heterocycles. The van der Waals surface area contributed by atoms with Crippen LogP contribution in [-0.4, -0.2) is 26.2 Å². The van der Waals surface area contributed by atoms with E-state index in [0.717, 1.165) is 0 Å². The minimum Gasteiger partial charge on any atom is -0.497 e. The van der Waals surface area contributed by atoms with Gasteiger partial charge in [-0.05, 0) is 30.0 Å². The van der Waals surface area contributed by atoms with Crippen molar-refractivity contribution in [1.82, 2.24) is 0 Å². The van der Waals surface area contributed by atoms with Crippen LogP contribution in [0.5, 0.6) is 17.2 Å². The highest BCUT2D eigenvalue weighted by atomic mass is 16.5. The van der Waals surface area contributed by atoms with Crippen molar-refractivity contribution in [2.24, 2.45) is 0 Å². The van der Waals surface area contributed by atoms with Crippen LogP contribution in [0, 0.1) is 0 Å². The van der Waals surface area contributed by atoms with Gasteiger partial charge in [-0.2, -0.15) is 0 Å². The second-order valence-electron chi connectivity index (χ2n) is 7.13. The third kappa shape index (κ3) is 5.15. The maximum absolute atomic E-state index is 12.4. The molecule has 0 aliphatic heterocycles. The van der Waals surface area contributed by atoms with Gasteiger partial charge in [0.25, 0.3) is 5.91 Å². The number of amides is 1. The van der Waals surface area contributed by atoms with E-state index in [-0.39, 0.29) is 11.3 Å². The van der Waals surface area contributed by atoms with Gasteiger partial charge in [-0.15, -0.1) is 0 Å². The van der Waals surface area contributed by atoms with Crippen LogP contribution in [0.2, 0.25) is 0 Å². The zero-order valence-corrected chi connectivity index (χ0v) is 16.3. The molecule has 2 aromatic rings. The Hall–Kier alpha value is -2.69. The number of hydrogen-bond donors (Lipinski definition) is 1. The molecule has 0 bridgehead atoms. The smallest absolute Gasteiger partial charge is 0.265 e. The standard InChI is InChI=1S/C21H27NO4/c1-14(26-17-9-7-15(8-10-17)21(2,3)4)20(23)22-16-11-18(24-5)13-19(12-16)25-6/h7-14H,1-6H3,(H,22,23)/t14-/m0/s1. The number of nitrogens with one attached hydrogen (secondary N) is 1. The Morgan fingerprint density at radius 2 is 1.46 bits per heavy atom. The minimum absolute atomic E-state index is 0.0763. The number of hydrogen-bond acceptors (Lipinski definition) is 4. The van der Waals surface area contributed by atoms with Crippen molar-refractivity contribution in [2.45, 2.75) is 39.2 Å². The molecular weight excluding hydrogens is 330 g/mol. The molecule has 140 valence electrons. The van der Waals surface area contributed by atoms with Gasteiger partial charge in [0.2, 0.25) is 0 Å². The molecule has 0 spiro atoms. The van der Waals surface area contributed by atoms with Gasteiger partial charge in [-0.25, -0.2) is 0 Å². The summed E-state index contributed by atoms with van der Waals surface area (Å²) in [6, 6.07) is 13.0. The molecular formula is C21H27NO4. The van der Waals surface area contributed by atoms with Gasteiger partial charge in [0.15, 0.2) is 6.10 Å². The van der Waals surface area contributed by atoms with Gasteiger partial charge in [0.05, 0.1) is 14.2 Å². The quantitative estimate of drug-likeness (QED) is 0.832. The van der Waals surface area contributed by atoms with Crippen LogP contribution in [0.25, 0.3) is 0 Å². The van der Waals surface area contributed by atoms with Crippen LogP contribution >= 0.6 is 0 Å². The largest absolute Gasteiger partial charge is 0.497 e. The van der Waals surface area contributed by atoms with Crippen LogP contribution < -0.4 is 19.5 Å². The van der Waals surface area contributed by atoms with Gasteiger partial charge in [-0.1, -0.05) is 32.9 Å². The lowest BCUT2D eigenvalue weighted by Crippen LogP contribution is -2.30. The number of anilines is 1. The predicted octanol–water partition coefficient (Wildman–Crippen LogP) is 4.41. The van der Waals surface area contributed by atoms with E-state index in [1.54, 1.807) is 39.3 Å². The molecule has 0 fully saturated rings. The van der Waals surface area contributed by atoms with Crippen molar-refractivity contribution < 1.29 is 19.0 Å². The Kier molecular flexibility index (Phi) is 6.14. The van der Waals surface area contributed by atoms with E-state index < -0.39 is 6.10 Å². The zero-order chi connectivity index (χ0) is 19.3. The van der Waals surface area contributed by atoms with Crippen LogP contribution in [0.4, 0.5) is 5.69 Å². The molecule has 0 saturated carbocycles. The Labute approximate surface area is 155 Å². The summed E-state index contributed by atoms with van der Waals surface area (Å²) >= 11 is 0. The highest BCUT2D eigenvalue weighted by Gasteiger charge is 2.17. The molecule has 2 aromatic carbocycles. The Morgan fingerprint density at radius 1 is 0.923 bits per heavy atom. The number of benzene rings is 2. The molecule has 1 atom stereocenters. The zero-order valence-electron chi connectivity index (χ0n) is 16.3. The molecule has 26 heavy (non-hydrogen) atoms. The fourth-order valence-corrected chi connectivity index (χ4v) is 2.41. The number of carbonyl (C=O) groups excluding carboxylic acids is 1. The van der Waals surface area contributed by atoms with E-state index in [1.165, 1.54) is 5.56 Å². The normalized spacial score (nSPS) is 12.2. The number of ether oxygens (including phenoxy) is 3. The average molecular weight is 357 g/mol. The van der Waals surface area contributed by atoms with E-state index >= 15 is 0 Å². The summed E-state index contributed by atoms with van der Waals surface area (Å²) in [6.45, 7) is 8.18. The lowest BCUT2D eigenvalue weighted by Gasteiger charge is -2.20. The summed E-state index contributed by atoms with van der Waals surface area (Å²) in [7, 11) is 3.13. The first kappa shape index (κ1) is 19.6. The summed E-state index contributed by atoms with van der Waals surface area (Å²) in [6.07, 6.45) is -0.646. The van der Waals surface area contributed by atoms with Gasteiger partial charge in [-0.3, -0.25) is 4.79 Å². The van der Waals surface area contributed by atoms with Crippen LogP contribution in [-0.2, 0) is 10.2 Å². The Balaban J connectivity index is 2.03. The monoisotopic (exact) mass is 357 g/mol. The Bertz CT molecular complexity index is 725. The molecule has 0 radical (unpaired) electrons. The molecule has 0 aromatic heterocycles. The van der Waals surface area contributed by atoms with E-state index in [9.17, 15) is 4.79 Å². The third-order valence-corrected chi connectivity index (χ3v) is 4.02. The predicted molar refractivity (Wildman–Crippen MR) is 103 cm³/mol. The molecule has 0 aliphatic rings. The van der Waals surface area contributed by atoms with Gasteiger partial charge in [0.1, 0.15) is 17.2 Å². The van der Waals surface area contributed by atoms with Crippen molar-refractivity contribution in [3.05, 3.63) is 48.0 Å². The van der Waals surface area contributed by atoms with Crippen LogP contribution in [0.15, 0.2) is 42.5 Å². The van der Waals surface area contributed by atoms with Crippen molar-refractivity contribution in [1.29, 1.82) is 0 Å². The van der Waals surface area contributed by atoms with E-state index in [2.05, 4.69) is 26.1 Å². The van der Waals surface area contributed by atoms with Crippen molar-refractivity contribution in [2.75, 3.05) is 19.5 Å². The van der Waals surface area contributed by atoms with Crippen molar-refractivity contribution in [3.63, 3.8) is 0 Å². The highest BCUT2D eigenvalue weighted by molar-refractivity contribution is 5.94. The second-order valence-corrected chi connectivity index (χ2v) is 7.13. The molecule has 5 heteroatoms. The molecule has 2 rings (SSSR count). The van der Waals surface area contributed by atoms with Gasteiger partial charge < -0.3 is 19.5 Å². The molecule has 1 amide bonds. The molecule has 1 N–H and O–H groups in total. The molecule has 0 aliphatic carbocycles. The molecule has 0 saturated heterocycles. The summed E-state index contributed by atoms with van der Waals surface area (Å²) in [4.78, 5) is 12.4.